The van der Waals surface area contributed by atoms with Crippen LogP contribution in [0.4, 0.5) is 10.5 Å². The van der Waals surface area contributed by atoms with Crippen LogP contribution in [0, 0.1) is 19.8 Å². The second kappa shape index (κ2) is 8.03. The Kier molecular flexibility index (Phi) is 5.55. The molecule has 26 heavy (non-hydrogen) atoms. The number of esters is 1. The van der Waals surface area contributed by atoms with E-state index >= 15 is 0 Å². The zero-order chi connectivity index (χ0) is 18.5. The number of hydrogen-bond donors (Lipinski definition) is 1. The summed E-state index contributed by atoms with van der Waals surface area (Å²) in [6.07, 6.45) is 1.49. The van der Waals surface area contributed by atoms with E-state index in [9.17, 15) is 9.59 Å². The number of nitrogens with zero attached hydrogens (tertiary/aromatic N) is 2. The molecule has 1 aliphatic rings. The summed E-state index contributed by atoms with van der Waals surface area (Å²) in [5, 5.41) is 6.71. The van der Waals surface area contributed by atoms with Crippen molar-refractivity contribution in [3.05, 3.63) is 47.3 Å². The van der Waals surface area contributed by atoms with Crippen LogP contribution in [0.1, 0.15) is 29.9 Å². The molecular weight excluding hydrogens is 334 g/mol. The van der Waals surface area contributed by atoms with Gasteiger partial charge in [0.1, 0.15) is 12.4 Å². The van der Waals surface area contributed by atoms with Gasteiger partial charge in [-0.3, -0.25) is 4.79 Å². The van der Waals surface area contributed by atoms with E-state index in [2.05, 4.69) is 10.5 Å². The number of para-hydroxylation sites is 1. The molecule has 3 rings (SSSR count). The summed E-state index contributed by atoms with van der Waals surface area (Å²) in [7, 11) is 0. The SMILES string of the molecule is Cc1noc(C)c1COC(=O)[C@H]1CCCN(C(=O)Nc2ccccc2)C1. The Morgan fingerprint density at radius 2 is 2.08 bits per heavy atom. The van der Waals surface area contributed by atoms with E-state index < -0.39 is 0 Å². The van der Waals surface area contributed by atoms with Gasteiger partial charge in [-0.25, -0.2) is 4.79 Å². The molecule has 2 heterocycles. The first kappa shape index (κ1) is 18.0. The largest absolute Gasteiger partial charge is 0.460 e. The van der Waals surface area contributed by atoms with Crippen molar-refractivity contribution < 1.29 is 18.8 Å². The molecule has 1 atom stereocenters. The summed E-state index contributed by atoms with van der Waals surface area (Å²) in [6.45, 7) is 4.74. The first-order valence-electron chi connectivity index (χ1n) is 8.74. The summed E-state index contributed by atoms with van der Waals surface area (Å²) in [5.41, 5.74) is 2.26. The fourth-order valence-electron chi connectivity index (χ4n) is 3.05. The Bertz CT molecular complexity index is 753. The van der Waals surface area contributed by atoms with Gasteiger partial charge in [0.25, 0.3) is 0 Å². The van der Waals surface area contributed by atoms with Gasteiger partial charge in [0.05, 0.1) is 17.2 Å². The van der Waals surface area contributed by atoms with Crippen LogP contribution in [0.25, 0.3) is 0 Å². The minimum Gasteiger partial charge on any atom is -0.460 e. The van der Waals surface area contributed by atoms with Gasteiger partial charge in [-0.1, -0.05) is 23.4 Å². The van der Waals surface area contributed by atoms with Gasteiger partial charge in [-0.15, -0.1) is 0 Å². The number of anilines is 1. The molecule has 0 aliphatic carbocycles. The molecule has 1 aromatic carbocycles. The molecule has 1 aromatic heterocycles. The Labute approximate surface area is 152 Å². The second-order valence-corrected chi connectivity index (χ2v) is 6.49. The van der Waals surface area contributed by atoms with Crippen molar-refractivity contribution in [2.45, 2.75) is 33.3 Å². The van der Waals surface area contributed by atoms with Crippen molar-refractivity contribution in [2.24, 2.45) is 5.92 Å². The van der Waals surface area contributed by atoms with Crippen molar-refractivity contribution in [1.29, 1.82) is 0 Å². The van der Waals surface area contributed by atoms with Gasteiger partial charge in [0.15, 0.2) is 0 Å². The van der Waals surface area contributed by atoms with Crippen molar-refractivity contribution in [2.75, 3.05) is 18.4 Å². The molecule has 2 amide bonds. The van der Waals surface area contributed by atoms with E-state index in [1.165, 1.54) is 0 Å². The fourth-order valence-corrected chi connectivity index (χ4v) is 3.05. The van der Waals surface area contributed by atoms with Gasteiger partial charge in [0, 0.05) is 18.8 Å². The van der Waals surface area contributed by atoms with Crippen molar-refractivity contribution in [3.63, 3.8) is 0 Å². The number of aromatic nitrogens is 1. The van der Waals surface area contributed by atoms with Gasteiger partial charge in [-0.05, 0) is 38.8 Å². The zero-order valence-corrected chi connectivity index (χ0v) is 15.0. The number of piperidine rings is 1. The first-order chi connectivity index (χ1) is 12.5. The molecule has 1 N–H and O–H groups in total. The normalized spacial score (nSPS) is 17.0. The minimum absolute atomic E-state index is 0.146. The molecule has 0 saturated carbocycles. The summed E-state index contributed by atoms with van der Waals surface area (Å²) >= 11 is 0. The predicted molar refractivity (Wildman–Crippen MR) is 95.5 cm³/mol. The van der Waals surface area contributed by atoms with E-state index in [0.29, 0.717) is 18.8 Å². The van der Waals surface area contributed by atoms with Crippen LogP contribution < -0.4 is 5.32 Å². The quantitative estimate of drug-likeness (QED) is 0.849. The van der Waals surface area contributed by atoms with Crippen molar-refractivity contribution in [1.82, 2.24) is 10.1 Å². The number of urea groups is 1. The standard InChI is InChI=1S/C19H23N3O4/c1-13-17(14(2)26-21-13)12-25-18(23)15-7-6-10-22(11-15)19(24)20-16-8-4-3-5-9-16/h3-5,8-9,15H,6-7,10-12H2,1-2H3,(H,20,24)/t15-/m0/s1. The van der Waals surface area contributed by atoms with E-state index in [1.807, 2.05) is 37.3 Å². The summed E-state index contributed by atoms with van der Waals surface area (Å²) in [6, 6.07) is 9.08. The van der Waals surface area contributed by atoms with Gasteiger partial charge < -0.3 is 19.5 Å². The highest BCUT2D eigenvalue weighted by atomic mass is 16.5. The van der Waals surface area contributed by atoms with Crippen molar-refractivity contribution in [3.8, 4) is 0 Å². The number of benzene rings is 1. The highest BCUT2D eigenvalue weighted by Gasteiger charge is 2.30. The number of aryl methyl sites for hydroxylation is 2. The Morgan fingerprint density at radius 1 is 1.31 bits per heavy atom. The summed E-state index contributed by atoms with van der Waals surface area (Å²) in [5.74, 6) is 0.0516. The number of nitrogens with one attached hydrogen (secondary N) is 1. The first-order valence-corrected chi connectivity index (χ1v) is 8.74. The van der Waals surface area contributed by atoms with Crippen LogP contribution in [-0.2, 0) is 16.1 Å². The lowest BCUT2D eigenvalue weighted by atomic mass is 9.98. The maximum Gasteiger partial charge on any atom is 0.321 e. The molecule has 2 aromatic rings. The smallest absolute Gasteiger partial charge is 0.321 e. The maximum absolute atomic E-state index is 12.4. The Morgan fingerprint density at radius 3 is 2.77 bits per heavy atom. The monoisotopic (exact) mass is 357 g/mol. The zero-order valence-electron chi connectivity index (χ0n) is 15.0. The number of ether oxygens (including phenoxy) is 1. The predicted octanol–water partition coefficient (Wildman–Crippen LogP) is 3.28. The Balaban J connectivity index is 1.54. The molecule has 1 fully saturated rings. The molecule has 1 aliphatic heterocycles. The average Bonchev–Trinajstić information content (AvgIpc) is 2.98. The molecule has 7 nitrogen and oxygen atoms in total. The second-order valence-electron chi connectivity index (χ2n) is 6.49. The van der Waals surface area contributed by atoms with Crippen LogP contribution in [0.2, 0.25) is 0 Å². The molecule has 0 bridgehead atoms. The highest BCUT2D eigenvalue weighted by Crippen LogP contribution is 2.21. The average molecular weight is 357 g/mol. The molecule has 0 radical (unpaired) electrons. The molecule has 0 spiro atoms. The highest BCUT2D eigenvalue weighted by molar-refractivity contribution is 5.89. The molecule has 138 valence electrons. The van der Waals surface area contributed by atoms with Gasteiger partial charge in [0.2, 0.25) is 0 Å². The molecule has 1 saturated heterocycles. The van der Waals surface area contributed by atoms with E-state index in [-0.39, 0.29) is 24.5 Å². The van der Waals surface area contributed by atoms with Crippen LogP contribution >= 0.6 is 0 Å². The van der Waals surface area contributed by atoms with Crippen LogP contribution in [-0.4, -0.2) is 35.1 Å². The lowest BCUT2D eigenvalue weighted by Gasteiger charge is -2.31. The van der Waals surface area contributed by atoms with E-state index in [4.69, 9.17) is 9.26 Å². The van der Waals surface area contributed by atoms with Gasteiger partial charge >= 0.3 is 12.0 Å². The number of carbonyl (C=O) groups is 2. The lowest BCUT2D eigenvalue weighted by molar-refractivity contribution is -0.151. The number of carbonyl (C=O) groups excluding carboxylic acids is 2. The third kappa shape index (κ3) is 4.22. The minimum atomic E-state index is -0.314. The van der Waals surface area contributed by atoms with Crippen LogP contribution in [0.15, 0.2) is 34.9 Å². The topological polar surface area (TPSA) is 84.7 Å². The van der Waals surface area contributed by atoms with Crippen LogP contribution in [0.3, 0.4) is 0 Å². The number of amides is 2. The lowest BCUT2D eigenvalue weighted by Crippen LogP contribution is -2.44. The summed E-state index contributed by atoms with van der Waals surface area (Å²) < 4.78 is 10.5. The number of likely N-dealkylation sites (tertiary alicyclic amines) is 1. The fraction of sp³-hybridized carbons (Fsp3) is 0.421. The van der Waals surface area contributed by atoms with E-state index in [1.54, 1.807) is 11.8 Å². The number of hydrogen-bond acceptors (Lipinski definition) is 5. The number of rotatable bonds is 4. The molecule has 0 unspecified atom stereocenters. The third-order valence-corrected chi connectivity index (χ3v) is 4.61. The van der Waals surface area contributed by atoms with E-state index in [0.717, 1.165) is 29.8 Å². The van der Waals surface area contributed by atoms with Crippen LogP contribution in [0.5, 0.6) is 0 Å². The van der Waals surface area contributed by atoms with Gasteiger partial charge in [-0.2, -0.15) is 0 Å². The molecule has 7 heteroatoms. The third-order valence-electron chi connectivity index (χ3n) is 4.61. The molecular formula is C19H23N3O4. The Hall–Kier alpha value is -2.83. The van der Waals surface area contributed by atoms with Crippen molar-refractivity contribution >= 4 is 17.7 Å². The maximum atomic E-state index is 12.4. The summed E-state index contributed by atoms with van der Waals surface area (Å²) in [4.78, 5) is 26.5.